The summed E-state index contributed by atoms with van der Waals surface area (Å²) < 4.78 is 10.6. The van der Waals surface area contributed by atoms with E-state index in [9.17, 15) is 4.79 Å². The zero-order valence-corrected chi connectivity index (χ0v) is 13.3. The summed E-state index contributed by atoms with van der Waals surface area (Å²) in [5, 5.41) is 7.23. The van der Waals surface area contributed by atoms with Gasteiger partial charge in [0.05, 0.1) is 18.9 Å². The van der Waals surface area contributed by atoms with Crippen molar-refractivity contribution >= 4 is 5.91 Å². The topological polar surface area (TPSA) is 70.8 Å². The molecule has 0 aromatic carbocycles. The van der Waals surface area contributed by atoms with Crippen LogP contribution in [-0.2, 0) is 16.1 Å². The Morgan fingerprint density at radius 3 is 2.68 bits per heavy atom. The lowest BCUT2D eigenvalue weighted by molar-refractivity contribution is -0.138. The lowest BCUT2D eigenvalue weighted by Crippen LogP contribution is -2.57. The van der Waals surface area contributed by atoms with Crippen molar-refractivity contribution in [2.45, 2.75) is 26.4 Å². The standard InChI is InChI=1S/C15H24N4O3/c1-11-13(12(2)22-17-11)9-18-4-6-19(7-5-18)15(20)14-10-21-8-3-16-14/h14,16H,3-10H2,1-2H3. The van der Waals surface area contributed by atoms with Crippen molar-refractivity contribution in [2.75, 3.05) is 45.9 Å². The Bertz CT molecular complexity index is 497. The quantitative estimate of drug-likeness (QED) is 0.842. The Balaban J connectivity index is 1.51. The molecule has 2 aliphatic heterocycles. The van der Waals surface area contributed by atoms with Gasteiger partial charge < -0.3 is 19.5 Å². The van der Waals surface area contributed by atoms with Gasteiger partial charge in [0.2, 0.25) is 5.91 Å². The van der Waals surface area contributed by atoms with Crippen LogP contribution in [0.4, 0.5) is 0 Å². The number of hydrogen-bond acceptors (Lipinski definition) is 6. The van der Waals surface area contributed by atoms with E-state index in [0.29, 0.717) is 13.2 Å². The minimum atomic E-state index is -0.178. The molecule has 3 heterocycles. The van der Waals surface area contributed by atoms with Gasteiger partial charge in [0, 0.05) is 44.8 Å². The summed E-state index contributed by atoms with van der Waals surface area (Å²) in [7, 11) is 0. The summed E-state index contributed by atoms with van der Waals surface area (Å²) in [5.41, 5.74) is 2.13. The van der Waals surface area contributed by atoms with Gasteiger partial charge in [-0.1, -0.05) is 5.16 Å². The zero-order valence-electron chi connectivity index (χ0n) is 13.3. The molecular weight excluding hydrogens is 284 g/mol. The van der Waals surface area contributed by atoms with E-state index in [-0.39, 0.29) is 11.9 Å². The van der Waals surface area contributed by atoms with Crippen LogP contribution in [0.2, 0.25) is 0 Å². The molecule has 122 valence electrons. The molecule has 1 aromatic heterocycles. The summed E-state index contributed by atoms with van der Waals surface area (Å²) >= 11 is 0. The number of carbonyl (C=O) groups excluding carboxylic acids is 1. The average Bonchev–Trinajstić information content (AvgIpc) is 2.88. The number of hydrogen-bond donors (Lipinski definition) is 1. The number of ether oxygens (including phenoxy) is 1. The lowest BCUT2D eigenvalue weighted by atomic mass is 10.1. The van der Waals surface area contributed by atoms with E-state index in [0.717, 1.165) is 50.7 Å². The second-order valence-electron chi connectivity index (χ2n) is 5.99. The number of rotatable bonds is 3. The number of nitrogens with zero attached hydrogens (tertiary/aromatic N) is 3. The Morgan fingerprint density at radius 2 is 2.09 bits per heavy atom. The Labute approximate surface area is 130 Å². The number of aryl methyl sites for hydroxylation is 2. The second-order valence-corrected chi connectivity index (χ2v) is 5.99. The second kappa shape index (κ2) is 6.76. The van der Waals surface area contributed by atoms with Gasteiger partial charge >= 0.3 is 0 Å². The molecule has 1 atom stereocenters. The number of aromatic nitrogens is 1. The maximum Gasteiger partial charge on any atom is 0.242 e. The Kier molecular flexibility index (Phi) is 4.75. The molecule has 0 saturated carbocycles. The van der Waals surface area contributed by atoms with E-state index in [1.807, 2.05) is 18.7 Å². The van der Waals surface area contributed by atoms with Crippen LogP contribution in [0.25, 0.3) is 0 Å². The van der Waals surface area contributed by atoms with Gasteiger partial charge in [0.15, 0.2) is 0 Å². The zero-order chi connectivity index (χ0) is 15.5. The molecule has 0 bridgehead atoms. The van der Waals surface area contributed by atoms with Crippen molar-refractivity contribution in [2.24, 2.45) is 0 Å². The van der Waals surface area contributed by atoms with E-state index in [1.54, 1.807) is 0 Å². The number of piperazine rings is 1. The molecule has 2 fully saturated rings. The van der Waals surface area contributed by atoms with Crippen molar-refractivity contribution in [3.63, 3.8) is 0 Å². The predicted octanol–water partition coefficient (Wildman–Crippen LogP) is -0.0760. The molecular formula is C15H24N4O3. The van der Waals surface area contributed by atoms with Gasteiger partial charge in [-0.15, -0.1) is 0 Å². The monoisotopic (exact) mass is 308 g/mol. The third-order valence-corrected chi connectivity index (χ3v) is 4.47. The first-order chi connectivity index (χ1) is 10.6. The molecule has 1 aromatic rings. The fourth-order valence-corrected chi connectivity index (χ4v) is 3.02. The maximum absolute atomic E-state index is 12.4. The average molecular weight is 308 g/mol. The van der Waals surface area contributed by atoms with Gasteiger partial charge in [-0.2, -0.15) is 0 Å². The predicted molar refractivity (Wildman–Crippen MR) is 80.4 cm³/mol. The van der Waals surface area contributed by atoms with E-state index in [1.165, 1.54) is 5.56 Å². The highest BCUT2D eigenvalue weighted by atomic mass is 16.5. The van der Waals surface area contributed by atoms with Gasteiger partial charge in [0.25, 0.3) is 0 Å². The fourth-order valence-electron chi connectivity index (χ4n) is 3.02. The van der Waals surface area contributed by atoms with Crippen molar-refractivity contribution in [1.82, 2.24) is 20.3 Å². The molecule has 0 aliphatic carbocycles. The molecule has 7 heteroatoms. The molecule has 1 unspecified atom stereocenters. The van der Waals surface area contributed by atoms with Crippen LogP contribution < -0.4 is 5.32 Å². The van der Waals surface area contributed by atoms with Crippen LogP contribution in [0.5, 0.6) is 0 Å². The minimum absolute atomic E-state index is 0.164. The van der Waals surface area contributed by atoms with E-state index >= 15 is 0 Å². The van der Waals surface area contributed by atoms with Gasteiger partial charge in [-0.05, 0) is 13.8 Å². The van der Waals surface area contributed by atoms with E-state index < -0.39 is 0 Å². The summed E-state index contributed by atoms with van der Waals surface area (Å²) in [6.45, 7) is 9.97. The van der Waals surface area contributed by atoms with Gasteiger partial charge in [0.1, 0.15) is 11.8 Å². The maximum atomic E-state index is 12.4. The van der Waals surface area contributed by atoms with Crippen LogP contribution in [0.3, 0.4) is 0 Å². The molecule has 2 saturated heterocycles. The Hall–Kier alpha value is -1.44. The molecule has 7 nitrogen and oxygen atoms in total. The first-order valence-electron chi connectivity index (χ1n) is 7.89. The van der Waals surface area contributed by atoms with E-state index in [2.05, 4.69) is 15.4 Å². The molecule has 2 aliphatic rings. The summed E-state index contributed by atoms with van der Waals surface area (Å²) in [5.74, 6) is 1.05. The summed E-state index contributed by atoms with van der Waals surface area (Å²) in [4.78, 5) is 16.7. The number of nitrogens with one attached hydrogen (secondary N) is 1. The van der Waals surface area contributed by atoms with Crippen LogP contribution >= 0.6 is 0 Å². The molecule has 0 radical (unpaired) electrons. The first-order valence-corrected chi connectivity index (χ1v) is 7.89. The molecule has 22 heavy (non-hydrogen) atoms. The van der Waals surface area contributed by atoms with Crippen LogP contribution in [-0.4, -0.2) is 72.8 Å². The van der Waals surface area contributed by atoms with Crippen molar-refractivity contribution in [3.8, 4) is 0 Å². The van der Waals surface area contributed by atoms with Crippen LogP contribution in [0.1, 0.15) is 17.0 Å². The normalized spacial score (nSPS) is 23.7. The smallest absolute Gasteiger partial charge is 0.242 e. The minimum Gasteiger partial charge on any atom is -0.378 e. The highest BCUT2D eigenvalue weighted by molar-refractivity contribution is 5.82. The van der Waals surface area contributed by atoms with E-state index in [4.69, 9.17) is 9.26 Å². The Morgan fingerprint density at radius 1 is 1.32 bits per heavy atom. The first kappa shape index (κ1) is 15.5. The number of amides is 1. The van der Waals surface area contributed by atoms with Crippen molar-refractivity contribution < 1.29 is 14.1 Å². The summed E-state index contributed by atoms with van der Waals surface area (Å²) in [6.07, 6.45) is 0. The third kappa shape index (κ3) is 3.31. The highest BCUT2D eigenvalue weighted by Gasteiger charge is 2.29. The largest absolute Gasteiger partial charge is 0.378 e. The third-order valence-electron chi connectivity index (χ3n) is 4.47. The molecule has 3 rings (SSSR count). The van der Waals surface area contributed by atoms with Crippen LogP contribution in [0, 0.1) is 13.8 Å². The fraction of sp³-hybridized carbons (Fsp3) is 0.733. The summed E-state index contributed by atoms with van der Waals surface area (Å²) in [6, 6.07) is -0.178. The van der Waals surface area contributed by atoms with Crippen molar-refractivity contribution in [3.05, 3.63) is 17.0 Å². The lowest BCUT2D eigenvalue weighted by Gasteiger charge is -2.37. The van der Waals surface area contributed by atoms with Crippen LogP contribution in [0.15, 0.2) is 4.52 Å². The number of carbonyl (C=O) groups is 1. The molecule has 1 amide bonds. The number of morpholine rings is 1. The van der Waals surface area contributed by atoms with Gasteiger partial charge in [-0.3, -0.25) is 9.69 Å². The van der Waals surface area contributed by atoms with Crippen molar-refractivity contribution in [1.29, 1.82) is 0 Å². The molecule has 0 spiro atoms. The highest BCUT2D eigenvalue weighted by Crippen LogP contribution is 2.16. The van der Waals surface area contributed by atoms with Gasteiger partial charge in [-0.25, -0.2) is 0 Å². The molecule has 1 N–H and O–H groups in total. The SMILES string of the molecule is Cc1noc(C)c1CN1CCN(C(=O)C2COCCN2)CC1.